The monoisotopic (exact) mass is 174 g/mol. The molecule has 0 radical (unpaired) electrons. The average molecular weight is 174 g/mol. The van der Waals surface area contributed by atoms with Crippen molar-refractivity contribution in [2.24, 2.45) is 17.3 Å². The van der Waals surface area contributed by atoms with Crippen molar-refractivity contribution in [3.05, 3.63) is 0 Å². The second-order valence-corrected chi connectivity index (χ2v) is 4.78. The first-order valence-corrected chi connectivity index (χ1v) is 4.55. The molecule has 1 atom stereocenters. The van der Waals surface area contributed by atoms with Crippen LogP contribution in [0.4, 0.5) is 0 Å². The van der Waals surface area contributed by atoms with Crippen molar-refractivity contribution in [2.45, 2.75) is 47.3 Å². The maximum atomic E-state index is 9.52. The number of aliphatic hydroxyl groups is 2. The van der Waals surface area contributed by atoms with Crippen LogP contribution in [0.2, 0.25) is 0 Å². The Morgan fingerprint density at radius 3 is 1.33 bits per heavy atom. The topological polar surface area (TPSA) is 40.5 Å². The smallest absolute Gasteiger partial charge is 0.165 e. The van der Waals surface area contributed by atoms with E-state index in [-0.39, 0.29) is 5.92 Å². The van der Waals surface area contributed by atoms with Crippen LogP contribution in [-0.2, 0) is 0 Å². The summed E-state index contributed by atoms with van der Waals surface area (Å²) >= 11 is 0. The summed E-state index contributed by atoms with van der Waals surface area (Å²) in [7, 11) is 0. The predicted octanol–water partition coefficient (Wildman–Crippen LogP) is 2.01. The highest BCUT2D eigenvalue weighted by atomic mass is 16.5. The predicted molar refractivity (Wildman–Crippen MR) is 50.6 cm³/mol. The molecule has 12 heavy (non-hydrogen) atoms. The molecule has 0 bridgehead atoms. The molecule has 0 spiro atoms. The minimum absolute atomic E-state index is 0.275. The SMILES string of the molecule is CC(C)C(C)C(C)(C)C(C)(O)O. The van der Waals surface area contributed by atoms with Crippen molar-refractivity contribution in [1.29, 1.82) is 0 Å². The zero-order chi connectivity index (χ0) is 10.2. The molecule has 0 heterocycles. The van der Waals surface area contributed by atoms with Gasteiger partial charge in [-0.1, -0.05) is 34.6 Å². The fourth-order valence-electron chi connectivity index (χ4n) is 1.26. The molecule has 0 saturated carbocycles. The van der Waals surface area contributed by atoms with E-state index in [0.717, 1.165) is 0 Å². The maximum Gasteiger partial charge on any atom is 0.165 e. The fraction of sp³-hybridized carbons (Fsp3) is 1.00. The zero-order valence-electron chi connectivity index (χ0n) is 9.05. The number of rotatable bonds is 3. The Hall–Kier alpha value is -0.0800. The highest BCUT2D eigenvalue weighted by molar-refractivity contribution is 4.86. The number of hydrogen-bond donors (Lipinski definition) is 2. The largest absolute Gasteiger partial charge is 0.365 e. The van der Waals surface area contributed by atoms with Gasteiger partial charge < -0.3 is 10.2 Å². The van der Waals surface area contributed by atoms with Gasteiger partial charge in [0.1, 0.15) is 0 Å². The first-order chi connectivity index (χ1) is 5.10. The van der Waals surface area contributed by atoms with Gasteiger partial charge in [0, 0.05) is 5.41 Å². The summed E-state index contributed by atoms with van der Waals surface area (Å²) in [6.45, 7) is 11.5. The van der Waals surface area contributed by atoms with Gasteiger partial charge in [-0.3, -0.25) is 0 Å². The summed E-state index contributed by atoms with van der Waals surface area (Å²) in [6, 6.07) is 0. The fourth-order valence-corrected chi connectivity index (χ4v) is 1.26. The lowest BCUT2D eigenvalue weighted by Crippen LogP contribution is -2.47. The van der Waals surface area contributed by atoms with Crippen LogP contribution in [0, 0.1) is 17.3 Å². The standard InChI is InChI=1S/C10H22O2/c1-7(2)8(3)9(4,5)10(6,11)12/h7-8,11-12H,1-6H3. The van der Waals surface area contributed by atoms with Crippen LogP contribution >= 0.6 is 0 Å². The van der Waals surface area contributed by atoms with Crippen LogP contribution in [0.25, 0.3) is 0 Å². The summed E-state index contributed by atoms with van der Waals surface area (Å²) in [6.07, 6.45) is 0. The molecular weight excluding hydrogens is 152 g/mol. The van der Waals surface area contributed by atoms with Crippen LogP contribution in [-0.4, -0.2) is 16.0 Å². The lowest BCUT2D eigenvalue weighted by Gasteiger charge is -2.42. The Morgan fingerprint density at radius 2 is 1.25 bits per heavy atom. The zero-order valence-corrected chi connectivity index (χ0v) is 9.05. The molecule has 0 aliphatic heterocycles. The molecular formula is C10H22O2. The van der Waals surface area contributed by atoms with Gasteiger partial charge in [-0.05, 0) is 18.8 Å². The van der Waals surface area contributed by atoms with E-state index in [9.17, 15) is 10.2 Å². The first kappa shape index (κ1) is 11.9. The highest BCUT2D eigenvalue weighted by Gasteiger charge is 2.42. The van der Waals surface area contributed by atoms with Gasteiger partial charge in [0.15, 0.2) is 5.79 Å². The third kappa shape index (κ3) is 2.20. The maximum absolute atomic E-state index is 9.52. The summed E-state index contributed by atoms with van der Waals surface area (Å²) in [5.74, 6) is -0.868. The molecule has 0 aromatic heterocycles. The van der Waals surface area contributed by atoms with E-state index in [1.165, 1.54) is 6.92 Å². The Labute approximate surface area is 75.6 Å². The van der Waals surface area contributed by atoms with Gasteiger partial charge in [-0.25, -0.2) is 0 Å². The number of hydrogen-bond acceptors (Lipinski definition) is 2. The first-order valence-electron chi connectivity index (χ1n) is 4.55. The molecule has 0 aromatic carbocycles. The average Bonchev–Trinajstić information content (AvgIpc) is 1.83. The molecule has 0 amide bonds. The van der Waals surface area contributed by atoms with Gasteiger partial charge in [0.25, 0.3) is 0 Å². The third-order valence-corrected chi connectivity index (χ3v) is 3.36. The highest BCUT2D eigenvalue weighted by Crippen LogP contribution is 2.39. The Kier molecular flexibility index (Phi) is 3.32. The third-order valence-electron chi connectivity index (χ3n) is 3.36. The molecule has 74 valence electrons. The summed E-state index contributed by atoms with van der Waals surface area (Å²) < 4.78 is 0. The van der Waals surface area contributed by atoms with E-state index in [4.69, 9.17) is 0 Å². The normalized spacial score (nSPS) is 16.8. The quantitative estimate of drug-likeness (QED) is 0.642. The molecule has 0 aromatic rings. The van der Waals surface area contributed by atoms with E-state index in [0.29, 0.717) is 5.92 Å². The molecule has 0 rings (SSSR count). The minimum Gasteiger partial charge on any atom is -0.365 e. The molecule has 1 unspecified atom stereocenters. The van der Waals surface area contributed by atoms with Crippen molar-refractivity contribution >= 4 is 0 Å². The van der Waals surface area contributed by atoms with Crippen LogP contribution < -0.4 is 0 Å². The molecule has 2 N–H and O–H groups in total. The lowest BCUT2D eigenvalue weighted by atomic mass is 9.69. The van der Waals surface area contributed by atoms with Gasteiger partial charge in [0.2, 0.25) is 0 Å². The van der Waals surface area contributed by atoms with Gasteiger partial charge in [-0.2, -0.15) is 0 Å². The summed E-state index contributed by atoms with van der Waals surface area (Å²) in [5, 5.41) is 19.0. The van der Waals surface area contributed by atoms with Gasteiger partial charge >= 0.3 is 0 Å². The van der Waals surface area contributed by atoms with Crippen molar-refractivity contribution in [3.8, 4) is 0 Å². The Bertz CT molecular complexity index is 142. The molecule has 2 nitrogen and oxygen atoms in total. The van der Waals surface area contributed by atoms with Gasteiger partial charge in [0.05, 0.1) is 0 Å². The van der Waals surface area contributed by atoms with E-state index in [1.807, 2.05) is 13.8 Å². The Morgan fingerprint density at radius 1 is 0.917 bits per heavy atom. The van der Waals surface area contributed by atoms with Crippen molar-refractivity contribution < 1.29 is 10.2 Å². The van der Waals surface area contributed by atoms with E-state index in [2.05, 4.69) is 20.8 Å². The second kappa shape index (κ2) is 3.35. The molecule has 2 heteroatoms. The summed E-state index contributed by atoms with van der Waals surface area (Å²) in [5.41, 5.74) is -0.471. The summed E-state index contributed by atoms with van der Waals surface area (Å²) in [4.78, 5) is 0. The lowest BCUT2D eigenvalue weighted by molar-refractivity contribution is -0.237. The van der Waals surface area contributed by atoms with Crippen LogP contribution in [0.1, 0.15) is 41.5 Å². The van der Waals surface area contributed by atoms with Crippen LogP contribution in [0.3, 0.4) is 0 Å². The van der Waals surface area contributed by atoms with Crippen LogP contribution in [0.5, 0.6) is 0 Å². The van der Waals surface area contributed by atoms with Crippen LogP contribution in [0.15, 0.2) is 0 Å². The van der Waals surface area contributed by atoms with E-state index < -0.39 is 11.2 Å². The molecule has 0 aliphatic carbocycles. The minimum atomic E-state index is -1.60. The van der Waals surface area contributed by atoms with Crippen molar-refractivity contribution in [3.63, 3.8) is 0 Å². The van der Waals surface area contributed by atoms with Gasteiger partial charge in [-0.15, -0.1) is 0 Å². The molecule has 0 aliphatic rings. The van der Waals surface area contributed by atoms with Crippen molar-refractivity contribution in [1.82, 2.24) is 0 Å². The molecule has 0 saturated heterocycles. The second-order valence-electron chi connectivity index (χ2n) is 4.78. The molecule has 0 fully saturated rings. The van der Waals surface area contributed by atoms with E-state index >= 15 is 0 Å². The Balaban J connectivity index is 4.61. The van der Waals surface area contributed by atoms with E-state index in [1.54, 1.807) is 0 Å². The van der Waals surface area contributed by atoms with Crippen molar-refractivity contribution in [2.75, 3.05) is 0 Å².